The number of aryl methyl sites for hydroxylation is 1. The van der Waals surface area contributed by atoms with Crippen molar-refractivity contribution in [3.63, 3.8) is 0 Å². The van der Waals surface area contributed by atoms with E-state index in [0.717, 1.165) is 30.6 Å². The molecule has 144 valence electrons. The molecule has 2 aliphatic rings. The van der Waals surface area contributed by atoms with Gasteiger partial charge in [0.05, 0.1) is 25.5 Å². The van der Waals surface area contributed by atoms with Crippen molar-refractivity contribution in [3.8, 4) is 0 Å². The lowest BCUT2D eigenvalue weighted by atomic mass is 10.0. The van der Waals surface area contributed by atoms with Crippen LogP contribution in [0, 0.1) is 11.7 Å². The lowest BCUT2D eigenvalue weighted by Gasteiger charge is -2.35. The molecule has 0 spiro atoms. The molecular weight excluding hydrogens is 347 g/mol. The Morgan fingerprint density at radius 3 is 2.93 bits per heavy atom. The second-order valence-electron chi connectivity index (χ2n) is 7.36. The maximum atomic E-state index is 13.7. The maximum Gasteiger partial charge on any atom is 0.223 e. The van der Waals surface area contributed by atoms with Crippen molar-refractivity contribution in [3.05, 3.63) is 53.6 Å². The molecule has 1 amide bonds. The smallest absolute Gasteiger partial charge is 0.223 e. The summed E-state index contributed by atoms with van der Waals surface area (Å²) in [6, 6.07) is 6.59. The molecule has 1 saturated heterocycles. The van der Waals surface area contributed by atoms with Gasteiger partial charge in [0.1, 0.15) is 5.82 Å². The van der Waals surface area contributed by atoms with Crippen LogP contribution in [0.15, 0.2) is 36.7 Å². The van der Waals surface area contributed by atoms with Crippen LogP contribution in [0.3, 0.4) is 0 Å². The highest BCUT2D eigenvalue weighted by molar-refractivity contribution is 5.82. The van der Waals surface area contributed by atoms with E-state index in [4.69, 9.17) is 4.74 Å². The number of carbonyl (C=O) groups excluding carboxylic acids is 1. The number of hydrogen-bond donors (Lipinski definition) is 1. The summed E-state index contributed by atoms with van der Waals surface area (Å²) in [5, 5.41) is 7.28. The van der Waals surface area contributed by atoms with E-state index in [1.165, 1.54) is 6.07 Å². The number of nitrogens with zero attached hydrogens (tertiary/aromatic N) is 3. The molecule has 0 radical (unpaired) electrons. The van der Waals surface area contributed by atoms with Gasteiger partial charge in [-0.3, -0.25) is 14.4 Å². The van der Waals surface area contributed by atoms with E-state index in [0.29, 0.717) is 19.8 Å². The molecule has 1 saturated carbocycles. The molecule has 6 nitrogen and oxygen atoms in total. The number of halogens is 1. The fraction of sp³-hybridized carbons (Fsp3) is 0.500. The highest BCUT2D eigenvalue weighted by Gasteiger charge is 2.44. The van der Waals surface area contributed by atoms with Gasteiger partial charge in [0.25, 0.3) is 0 Å². The molecule has 27 heavy (non-hydrogen) atoms. The average Bonchev–Trinajstić information content (AvgIpc) is 3.37. The molecule has 1 aromatic heterocycles. The van der Waals surface area contributed by atoms with Crippen molar-refractivity contribution < 1.29 is 13.9 Å². The fourth-order valence-electron chi connectivity index (χ4n) is 3.87. The molecule has 3 atom stereocenters. The molecular formula is C20H25FN4O2. The van der Waals surface area contributed by atoms with Crippen LogP contribution < -0.4 is 5.32 Å². The Labute approximate surface area is 158 Å². The van der Waals surface area contributed by atoms with Crippen LogP contribution in [0.5, 0.6) is 0 Å². The van der Waals surface area contributed by atoms with Gasteiger partial charge in [-0.2, -0.15) is 5.10 Å². The zero-order valence-electron chi connectivity index (χ0n) is 15.5. The number of nitrogens with one attached hydrogen (secondary N) is 1. The molecule has 3 unspecified atom stereocenters. The number of hydrogen-bond acceptors (Lipinski definition) is 4. The second kappa shape index (κ2) is 7.78. The topological polar surface area (TPSA) is 59.4 Å². The van der Waals surface area contributed by atoms with Crippen LogP contribution in [-0.2, 0) is 16.6 Å². The molecule has 7 heteroatoms. The van der Waals surface area contributed by atoms with Gasteiger partial charge in [-0.1, -0.05) is 12.1 Å². The number of carbonyl (C=O) groups is 1. The molecule has 1 aliphatic carbocycles. The average molecular weight is 372 g/mol. The largest absolute Gasteiger partial charge is 0.379 e. The molecule has 1 aromatic carbocycles. The molecule has 0 bridgehead atoms. The lowest BCUT2D eigenvalue weighted by Crippen LogP contribution is -2.44. The van der Waals surface area contributed by atoms with E-state index in [1.807, 2.05) is 25.5 Å². The molecule has 1 aliphatic heterocycles. The van der Waals surface area contributed by atoms with E-state index >= 15 is 0 Å². The summed E-state index contributed by atoms with van der Waals surface area (Å²) in [6.45, 7) is 3.34. The van der Waals surface area contributed by atoms with E-state index in [-0.39, 0.29) is 29.6 Å². The third-order valence-electron chi connectivity index (χ3n) is 5.47. The Kier molecular flexibility index (Phi) is 5.22. The van der Waals surface area contributed by atoms with Crippen molar-refractivity contribution in [2.45, 2.75) is 18.4 Å². The van der Waals surface area contributed by atoms with Crippen LogP contribution in [0.1, 0.15) is 29.5 Å². The standard InChI is InChI=1S/C20H25FN4O2/c1-24-13-15(11-23-24)17-10-18(17)20(26)22-12-19(25-5-7-27-8-6-25)14-3-2-4-16(21)9-14/h2-4,9,11,13,17-19H,5-8,10,12H2,1H3,(H,22,26). The minimum atomic E-state index is -0.254. The summed E-state index contributed by atoms with van der Waals surface area (Å²) in [4.78, 5) is 14.9. The van der Waals surface area contributed by atoms with Crippen molar-refractivity contribution in [1.29, 1.82) is 0 Å². The quantitative estimate of drug-likeness (QED) is 0.841. The minimum Gasteiger partial charge on any atom is -0.379 e. The number of amides is 1. The highest BCUT2D eigenvalue weighted by Crippen LogP contribution is 2.47. The Balaban J connectivity index is 1.40. The van der Waals surface area contributed by atoms with Gasteiger partial charge in [-0.05, 0) is 35.6 Å². The van der Waals surface area contributed by atoms with Gasteiger partial charge in [-0.25, -0.2) is 4.39 Å². The molecule has 4 rings (SSSR count). The van der Waals surface area contributed by atoms with Gasteiger partial charge in [0.15, 0.2) is 0 Å². The fourth-order valence-corrected chi connectivity index (χ4v) is 3.87. The van der Waals surface area contributed by atoms with Crippen LogP contribution in [-0.4, -0.2) is 53.4 Å². The predicted octanol–water partition coefficient (Wildman–Crippen LogP) is 1.85. The Hall–Kier alpha value is -2.25. The Morgan fingerprint density at radius 1 is 1.41 bits per heavy atom. The number of benzene rings is 1. The number of morpholine rings is 1. The molecule has 2 aromatic rings. The van der Waals surface area contributed by atoms with E-state index < -0.39 is 0 Å². The monoisotopic (exact) mass is 372 g/mol. The summed E-state index contributed by atoms with van der Waals surface area (Å²) >= 11 is 0. The second-order valence-corrected chi connectivity index (χ2v) is 7.36. The summed E-state index contributed by atoms with van der Waals surface area (Å²) in [5.41, 5.74) is 2.00. The van der Waals surface area contributed by atoms with Crippen molar-refractivity contribution in [1.82, 2.24) is 20.0 Å². The Bertz CT molecular complexity index is 803. The first-order valence-corrected chi connectivity index (χ1v) is 9.45. The molecule has 2 fully saturated rings. The molecule has 1 N–H and O–H groups in total. The summed E-state index contributed by atoms with van der Waals surface area (Å²) in [6.07, 6.45) is 4.67. The predicted molar refractivity (Wildman–Crippen MR) is 98.6 cm³/mol. The van der Waals surface area contributed by atoms with Crippen molar-refractivity contribution >= 4 is 5.91 Å². The van der Waals surface area contributed by atoms with E-state index in [1.54, 1.807) is 16.8 Å². The third kappa shape index (κ3) is 4.20. The summed E-state index contributed by atoms with van der Waals surface area (Å²) in [7, 11) is 1.88. The van der Waals surface area contributed by atoms with Gasteiger partial charge >= 0.3 is 0 Å². The summed E-state index contributed by atoms with van der Waals surface area (Å²) in [5.74, 6) is 0.0798. The SMILES string of the molecule is Cn1cc(C2CC2C(=O)NCC(c2cccc(F)c2)N2CCOCC2)cn1. The number of aromatic nitrogens is 2. The first-order valence-electron chi connectivity index (χ1n) is 9.45. The lowest BCUT2D eigenvalue weighted by molar-refractivity contribution is -0.122. The number of rotatable bonds is 6. The highest BCUT2D eigenvalue weighted by atomic mass is 19.1. The van der Waals surface area contributed by atoms with E-state index in [9.17, 15) is 9.18 Å². The normalized spacial score (nSPS) is 23.8. The van der Waals surface area contributed by atoms with Gasteiger partial charge in [-0.15, -0.1) is 0 Å². The molecule has 2 heterocycles. The van der Waals surface area contributed by atoms with Gasteiger partial charge in [0, 0.05) is 38.8 Å². The van der Waals surface area contributed by atoms with Gasteiger partial charge < -0.3 is 10.1 Å². The van der Waals surface area contributed by atoms with Crippen molar-refractivity contribution in [2.24, 2.45) is 13.0 Å². The third-order valence-corrected chi connectivity index (χ3v) is 5.47. The number of ether oxygens (including phenoxy) is 1. The van der Waals surface area contributed by atoms with Crippen LogP contribution in [0.25, 0.3) is 0 Å². The zero-order chi connectivity index (χ0) is 18.8. The van der Waals surface area contributed by atoms with Crippen LogP contribution >= 0.6 is 0 Å². The zero-order valence-corrected chi connectivity index (χ0v) is 15.5. The van der Waals surface area contributed by atoms with Crippen LogP contribution in [0.2, 0.25) is 0 Å². The maximum absolute atomic E-state index is 13.7. The minimum absolute atomic E-state index is 0.00653. The van der Waals surface area contributed by atoms with Crippen LogP contribution in [0.4, 0.5) is 4.39 Å². The van der Waals surface area contributed by atoms with E-state index in [2.05, 4.69) is 15.3 Å². The summed E-state index contributed by atoms with van der Waals surface area (Å²) < 4.78 is 20.9. The first-order chi connectivity index (χ1) is 13.1. The first kappa shape index (κ1) is 18.1. The van der Waals surface area contributed by atoms with Crippen molar-refractivity contribution in [2.75, 3.05) is 32.8 Å². The van der Waals surface area contributed by atoms with Gasteiger partial charge in [0.2, 0.25) is 5.91 Å². The Morgan fingerprint density at radius 2 is 2.22 bits per heavy atom.